The number of amides is 1. The Labute approximate surface area is 87.1 Å². The molecule has 0 saturated heterocycles. The molecule has 0 aliphatic rings. The number of Topliss-reactive ketones (excluding diaryl/α,β-unsaturated/α-hetero) is 1. The van der Waals surface area contributed by atoms with E-state index in [1.54, 1.807) is 11.3 Å². The van der Waals surface area contributed by atoms with Crippen LogP contribution in [0.25, 0.3) is 0 Å². The Morgan fingerprint density at radius 1 is 1.50 bits per heavy atom. The van der Waals surface area contributed by atoms with E-state index >= 15 is 0 Å². The van der Waals surface area contributed by atoms with E-state index in [4.69, 9.17) is 0 Å². The van der Waals surface area contributed by atoms with Gasteiger partial charge in [0.1, 0.15) is 5.78 Å². The summed E-state index contributed by atoms with van der Waals surface area (Å²) in [5.41, 5.74) is 1.22. The molecule has 0 aromatic carbocycles. The highest BCUT2D eigenvalue weighted by Crippen LogP contribution is 2.05. The van der Waals surface area contributed by atoms with Crippen LogP contribution in [0.2, 0.25) is 0 Å². The third-order valence-electron chi connectivity index (χ3n) is 1.73. The highest BCUT2D eigenvalue weighted by atomic mass is 32.1. The summed E-state index contributed by atoms with van der Waals surface area (Å²) in [6.07, 6.45) is 0.816. The molecule has 1 rings (SSSR count). The lowest BCUT2D eigenvalue weighted by molar-refractivity contribution is -0.127. The van der Waals surface area contributed by atoms with E-state index in [1.807, 2.05) is 11.4 Å². The normalized spacial score (nSPS) is 9.79. The second-order valence-electron chi connectivity index (χ2n) is 3.11. The van der Waals surface area contributed by atoms with Crippen molar-refractivity contribution in [2.75, 3.05) is 6.54 Å². The molecule has 0 spiro atoms. The van der Waals surface area contributed by atoms with Crippen LogP contribution < -0.4 is 5.32 Å². The molecule has 1 aromatic rings. The zero-order chi connectivity index (χ0) is 10.4. The van der Waals surface area contributed by atoms with Crippen LogP contribution >= 0.6 is 11.3 Å². The summed E-state index contributed by atoms with van der Waals surface area (Å²) in [6.45, 7) is 2.02. The Morgan fingerprint density at radius 3 is 2.86 bits per heavy atom. The first-order chi connectivity index (χ1) is 6.68. The Bertz CT molecular complexity index is 306. The molecule has 1 amide bonds. The molecule has 0 aliphatic carbocycles. The molecule has 76 valence electrons. The monoisotopic (exact) mass is 211 g/mol. The van der Waals surface area contributed by atoms with Crippen molar-refractivity contribution in [2.24, 2.45) is 0 Å². The number of nitrogens with one attached hydrogen (secondary N) is 1. The van der Waals surface area contributed by atoms with Gasteiger partial charge in [-0.05, 0) is 35.7 Å². The fraction of sp³-hybridized carbons (Fsp3) is 0.400. The lowest BCUT2D eigenvalue weighted by Gasteiger charge is -2.01. The minimum Gasteiger partial charge on any atom is -0.355 e. The highest BCUT2D eigenvalue weighted by molar-refractivity contribution is 7.07. The van der Waals surface area contributed by atoms with E-state index in [0.717, 1.165) is 6.42 Å². The lowest BCUT2D eigenvalue weighted by atomic mass is 10.2. The van der Waals surface area contributed by atoms with Crippen molar-refractivity contribution in [3.05, 3.63) is 22.4 Å². The molecule has 0 aliphatic heterocycles. The fourth-order valence-electron chi connectivity index (χ4n) is 1.07. The van der Waals surface area contributed by atoms with Crippen molar-refractivity contribution in [1.82, 2.24) is 5.32 Å². The summed E-state index contributed by atoms with van der Waals surface area (Å²) in [5, 5.41) is 6.76. The lowest BCUT2D eigenvalue weighted by Crippen LogP contribution is -2.26. The molecule has 4 heteroatoms. The van der Waals surface area contributed by atoms with Gasteiger partial charge in [0.15, 0.2) is 0 Å². The van der Waals surface area contributed by atoms with Gasteiger partial charge in [-0.1, -0.05) is 0 Å². The number of carbonyl (C=O) groups excluding carboxylic acids is 2. The molecular formula is C10H13NO2S. The molecule has 0 atom stereocenters. The van der Waals surface area contributed by atoms with Crippen LogP contribution in [0, 0.1) is 0 Å². The van der Waals surface area contributed by atoms with Crippen LogP contribution in [0.5, 0.6) is 0 Å². The number of hydrogen-bond donors (Lipinski definition) is 1. The molecule has 0 bridgehead atoms. The quantitative estimate of drug-likeness (QED) is 0.748. The summed E-state index contributed by atoms with van der Waals surface area (Å²) < 4.78 is 0. The molecule has 0 saturated carbocycles. The van der Waals surface area contributed by atoms with E-state index in [9.17, 15) is 9.59 Å². The second-order valence-corrected chi connectivity index (χ2v) is 3.89. The Hall–Kier alpha value is -1.16. The first kappa shape index (κ1) is 10.9. The summed E-state index contributed by atoms with van der Waals surface area (Å²) in [7, 11) is 0. The number of carbonyl (C=O) groups is 2. The zero-order valence-corrected chi connectivity index (χ0v) is 8.89. The third-order valence-corrected chi connectivity index (χ3v) is 2.46. The molecule has 14 heavy (non-hydrogen) atoms. The van der Waals surface area contributed by atoms with Gasteiger partial charge in [-0.25, -0.2) is 0 Å². The predicted molar refractivity (Wildman–Crippen MR) is 56.3 cm³/mol. The molecule has 0 fully saturated rings. The van der Waals surface area contributed by atoms with Gasteiger partial charge < -0.3 is 5.32 Å². The van der Waals surface area contributed by atoms with Gasteiger partial charge in [0.2, 0.25) is 5.91 Å². The maximum absolute atomic E-state index is 11.1. The summed E-state index contributed by atoms with van der Waals surface area (Å²) >= 11 is 1.64. The van der Waals surface area contributed by atoms with Crippen LogP contribution in [0.1, 0.15) is 18.9 Å². The summed E-state index contributed by atoms with van der Waals surface area (Å²) in [6, 6.07) is 2.03. The summed E-state index contributed by atoms with van der Waals surface area (Å²) in [5.74, 6) is -0.286. The average molecular weight is 211 g/mol. The molecule has 1 N–H and O–H groups in total. The molecule has 3 nitrogen and oxygen atoms in total. The van der Waals surface area contributed by atoms with Gasteiger partial charge in [0.05, 0.1) is 6.42 Å². The Balaban J connectivity index is 2.15. The van der Waals surface area contributed by atoms with Crippen molar-refractivity contribution >= 4 is 23.0 Å². The minimum atomic E-state index is -0.187. The number of rotatable bonds is 5. The van der Waals surface area contributed by atoms with Gasteiger partial charge in [0.25, 0.3) is 0 Å². The molecule has 1 heterocycles. The van der Waals surface area contributed by atoms with E-state index in [0.29, 0.717) is 6.54 Å². The van der Waals surface area contributed by atoms with E-state index in [1.165, 1.54) is 12.5 Å². The van der Waals surface area contributed by atoms with Crippen molar-refractivity contribution in [1.29, 1.82) is 0 Å². The van der Waals surface area contributed by atoms with Gasteiger partial charge in [-0.3, -0.25) is 9.59 Å². The molecular weight excluding hydrogens is 198 g/mol. The summed E-state index contributed by atoms with van der Waals surface area (Å²) in [4.78, 5) is 21.6. The third kappa shape index (κ3) is 4.18. The van der Waals surface area contributed by atoms with Gasteiger partial charge >= 0.3 is 0 Å². The molecule has 0 unspecified atom stereocenters. The largest absolute Gasteiger partial charge is 0.355 e. The maximum atomic E-state index is 11.1. The van der Waals surface area contributed by atoms with Crippen LogP contribution in [-0.2, 0) is 16.0 Å². The topological polar surface area (TPSA) is 46.2 Å². The standard InChI is InChI=1S/C10H13NO2S/c1-8(12)6-10(13)11-4-2-9-3-5-14-7-9/h3,5,7H,2,4,6H2,1H3,(H,11,13). The second kappa shape index (κ2) is 5.54. The first-order valence-electron chi connectivity index (χ1n) is 4.45. The van der Waals surface area contributed by atoms with Crippen LogP contribution in [-0.4, -0.2) is 18.2 Å². The van der Waals surface area contributed by atoms with E-state index in [2.05, 4.69) is 10.7 Å². The van der Waals surface area contributed by atoms with Crippen molar-refractivity contribution in [3.63, 3.8) is 0 Å². The van der Waals surface area contributed by atoms with Gasteiger partial charge in [-0.2, -0.15) is 11.3 Å². The van der Waals surface area contributed by atoms with Crippen molar-refractivity contribution in [2.45, 2.75) is 19.8 Å². The highest BCUT2D eigenvalue weighted by Gasteiger charge is 2.03. The van der Waals surface area contributed by atoms with Crippen LogP contribution in [0.4, 0.5) is 0 Å². The number of thiophene rings is 1. The van der Waals surface area contributed by atoms with Gasteiger partial charge in [-0.15, -0.1) is 0 Å². The van der Waals surface area contributed by atoms with Gasteiger partial charge in [0, 0.05) is 6.54 Å². The van der Waals surface area contributed by atoms with Crippen molar-refractivity contribution in [3.8, 4) is 0 Å². The van der Waals surface area contributed by atoms with Crippen molar-refractivity contribution < 1.29 is 9.59 Å². The molecule has 0 radical (unpaired) electrons. The number of ketones is 1. The Morgan fingerprint density at radius 2 is 2.29 bits per heavy atom. The minimum absolute atomic E-state index is 0.0103. The fourth-order valence-corrected chi connectivity index (χ4v) is 1.77. The Kier molecular flexibility index (Phi) is 4.32. The first-order valence-corrected chi connectivity index (χ1v) is 5.40. The van der Waals surface area contributed by atoms with Crippen LogP contribution in [0.15, 0.2) is 16.8 Å². The van der Waals surface area contributed by atoms with E-state index < -0.39 is 0 Å². The maximum Gasteiger partial charge on any atom is 0.227 e. The number of hydrogen-bond acceptors (Lipinski definition) is 3. The molecule has 1 aromatic heterocycles. The van der Waals surface area contributed by atoms with E-state index in [-0.39, 0.29) is 18.1 Å². The predicted octanol–water partition coefficient (Wildman–Crippen LogP) is 1.39. The smallest absolute Gasteiger partial charge is 0.227 e. The SMILES string of the molecule is CC(=O)CC(=O)NCCc1ccsc1. The zero-order valence-electron chi connectivity index (χ0n) is 8.08. The van der Waals surface area contributed by atoms with Crippen LogP contribution in [0.3, 0.4) is 0 Å². The average Bonchev–Trinajstić information content (AvgIpc) is 2.55.